The van der Waals surface area contributed by atoms with Gasteiger partial charge >= 0.3 is 0 Å². The van der Waals surface area contributed by atoms with Crippen LogP contribution < -0.4 is 10.1 Å². The van der Waals surface area contributed by atoms with Crippen molar-refractivity contribution in [1.29, 1.82) is 0 Å². The zero-order chi connectivity index (χ0) is 22.1. The lowest BCUT2D eigenvalue weighted by Crippen LogP contribution is -2.24. The van der Waals surface area contributed by atoms with Crippen molar-refractivity contribution in [2.24, 2.45) is 7.05 Å². The van der Waals surface area contributed by atoms with Gasteiger partial charge in [-0.1, -0.05) is 24.3 Å². The maximum absolute atomic E-state index is 12.7. The Morgan fingerprint density at radius 2 is 1.91 bits per heavy atom. The fraction of sp³-hybridized carbons (Fsp3) is 0.160. The van der Waals surface area contributed by atoms with Gasteiger partial charge in [0, 0.05) is 25.0 Å². The molecule has 0 aliphatic rings. The van der Waals surface area contributed by atoms with Crippen molar-refractivity contribution in [3.8, 4) is 5.75 Å². The maximum Gasteiger partial charge on any atom is 0.251 e. The molecule has 1 amide bonds. The van der Waals surface area contributed by atoms with E-state index in [1.807, 2.05) is 83.9 Å². The largest absolute Gasteiger partial charge is 0.487 e. The van der Waals surface area contributed by atoms with Crippen LogP contribution in [-0.4, -0.2) is 24.8 Å². The van der Waals surface area contributed by atoms with Gasteiger partial charge in [-0.25, -0.2) is 9.97 Å². The summed E-state index contributed by atoms with van der Waals surface area (Å²) in [7, 11) is 1.95. The number of aromatic nitrogens is 4. The molecule has 3 heterocycles. The number of para-hydroxylation sites is 2. The van der Waals surface area contributed by atoms with E-state index in [2.05, 4.69) is 15.3 Å². The zero-order valence-electron chi connectivity index (χ0n) is 17.9. The van der Waals surface area contributed by atoms with Crippen LogP contribution in [0.15, 0.2) is 73.1 Å². The summed E-state index contributed by atoms with van der Waals surface area (Å²) in [6.45, 7) is 2.71. The Bertz CT molecular complexity index is 1430. The molecule has 3 aromatic heterocycles. The molecule has 2 aromatic carbocycles. The second-order valence-electron chi connectivity index (χ2n) is 7.78. The first-order chi connectivity index (χ1) is 15.6. The first kappa shape index (κ1) is 19.8. The van der Waals surface area contributed by atoms with Crippen molar-refractivity contribution in [2.45, 2.75) is 20.1 Å². The minimum Gasteiger partial charge on any atom is -0.487 e. The Balaban J connectivity index is 1.24. The van der Waals surface area contributed by atoms with Crippen molar-refractivity contribution in [3.63, 3.8) is 0 Å². The predicted octanol–water partition coefficient (Wildman–Crippen LogP) is 4.04. The summed E-state index contributed by atoms with van der Waals surface area (Å²) in [4.78, 5) is 21.9. The molecule has 7 heteroatoms. The third-order valence-corrected chi connectivity index (χ3v) is 5.42. The molecular formula is C25H23N5O2. The zero-order valence-corrected chi connectivity index (χ0v) is 17.9. The average molecular weight is 425 g/mol. The number of ether oxygens (including phenoxy) is 1. The molecule has 7 nitrogen and oxygen atoms in total. The summed E-state index contributed by atoms with van der Waals surface area (Å²) >= 11 is 0. The molecule has 0 aliphatic carbocycles. The highest BCUT2D eigenvalue weighted by Gasteiger charge is 2.11. The normalized spacial score (nSPS) is 11.2. The number of benzene rings is 2. The van der Waals surface area contributed by atoms with E-state index in [1.165, 1.54) is 5.56 Å². The molecule has 1 N–H and O–H groups in total. The standard InChI is InChI=1S/C25H23N5O2/c1-17-10-11-23-27-19(15-30(23)14-17)16-32-20-7-5-6-18(12-20)25(31)26-13-24-28-21-8-3-4-9-22(21)29(24)2/h3-12,14-15H,13,16H2,1-2H3,(H,26,31). The SMILES string of the molecule is Cc1ccc2nc(COc3cccc(C(=O)NCc4nc5ccccc5n4C)c3)cn2c1. The number of pyridine rings is 1. The number of aryl methyl sites for hydroxylation is 2. The van der Waals surface area contributed by atoms with E-state index in [0.717, 1.165) is 28.2 Å². The maximum atomic E-state index is 12.7. The first-order valence-corrected chi connectivity index (χ1v) is 10.4. The number of nitrogens with one attached hydrogen (secondary N) is 1. The molecule has 0 saturated heterocycles. The van der Waals surface area contributed by atoms with Gasteiger partial charge < -0.3 is 19.0 Å². The number of rotatable bonds is 6. The smallest absolute Gasteiger partial charge is 0.251 e. The van der Waals surface area contributed by atoms with Crippen molar-refractivity contribution < 1.29 is 9.53 Å². The number of imidazole rings is 2. The van der Waals surface area contributed by atoms with Gasteiger partial charge in [-0.05, 0) is 48.9 Å². The molecule has 0 saturated carbocycles. The van der Waals surface area contributed by atoms with Crippen molar-refractivity contribution >= 4 is 22.6 Å². The summed E-state index contributed by atoms with van der Waals surface area (Å²) < 4.78 is 9.87. The van der Waals surface area contributed by atoms with Gasteiger partial charge in [0.05, 0.1) is 23.3 Å². The fourth-order valence-corrected chi connectivity index (χ4v) is 3.72. The van der Waals surface area contributed by atoms with Crippen LogP contribution >= 0.6 is 0 Å². The van der Waals surface area contributed by atoms with Crippen LogP contribution in [0.3, 0.4) is 0 Å². The molecular weight excluding hydrogens is 402 g/mol. The van der Waals surface area contributed by atoms with Gasteiger partial charge in [0.1, 0.15) is 23.8 Å². The van der Waals surface area contributed by atoms with Crippen molar-refractivity contribution in [2.75, 3.05) is 0 Å². The first-order valence-electron chi connectivity index (χ1n) is 10.4. The Morgan fingerprint density at radius 3 is 2.78 bits per heavy atom. The molecule has 5 rings (SSSR count). The summed E-state index contributed by atoms with van der Waals surface area (Å²) in [5, 5.41) is 2.95. The van der Waals surface area contributed by atoms with Crippen LogP contribution in [0.1, 0.15) is 27.4 Å². The van der Waals surface area contributed by atoms with E-state index in [4.69, 9.17) is 4.74 Å². The molecule has 0 fully saturated rings. The number of nitrogens with zero attached hydrogens (tertiary/aromatic N) is 4. The van der Waals surface area contributed by atoms with Crippen LogP contribution in [0.2, 0.25) is 0 Å². The second-order valence-corrected chi connectivity index (χ2v) is 7.78. The Kier molecular flexibility index (Phi) is 5.07. The topological polar surface area (TPSA) is 73.4 Å². The lowest BCUT2D eigenvalue weighted by atomic mass is 10.2. The molecule has 5 aromatic rings. The van der Waals surface area contributed by atoms with Gasteiger partial charge in [0.2, 0.25) is 0 Å². The molecule has 0 bridgehead atoms. The number of fused-ring (bicyclic) bond motifs is 2. The highest BCUT2D eigenvalue weighted by molar-refractivity contribution is 5.94. The summed E-state index contributed by atoms with van der Waals surface area (Å²) in [6.07, 6.45) is 3.98. The molecule has 0 atom stereocenters. The van der Waals surface area contributed by atoms with Gasteiger partial charge in [0.15, 0.2) is 0 Å². The molecule has 160 valence electrons. The lowest BCUT2D eigenvalue weighted by molar-refractivity contribution is 0.0949. The molecule has 0 radical (unpaired) electrons. The quantitative estimate of drug-likeness (QED) is 0.446. The van der Waals surface area contributed by atoms with E-state index in [9.17, 15) is 4.79 Å². The van der Waals surface area contributed by atoms with Crippen LogP contribution in [0, 0.1) is 6.92 Å². The monoisotopic (exact) mass is 425 g/mol. The van der Waals surface area contributed by atoms with Gasteiger partial charge in [-0.15, -0.1) is 0 Å². The fourth-order valence-electron chi connectivity index (χ4n) is 3.72. The Morgan fingerprint density at radius 1 is 1.03 bits per heavy atom. The molecule has 0 unspecified atom stereocenters. The van der Waals surface area contributed by atoms with Crippen LogP contribution in [0.5, 0.6) is 5.75 Å². The minimum absolute atomic E-state index is 0.175. The van der Waals surface area contributed by atoms with E-state index < -0.39 is 0 Å². The van der Waals surface area contributed by atoms with Crippen molar-refractivity contribution in [1.82, 2.24) is 24.3 Å². The predicted molar refractivity (Wildman–Crippen MR) is 123 cm³/mol. The molecule has 0 aliphatic heterocycles. The van der Waals surface area contributed by atoms with Crippen LogP contribution in [-0.2, 0) is 20.2 Å². The summed E-state index contributed by atoms with van der Waals surface area (Å²) in [6, 6.07) is 19.1. The lowest BCUT2D eigenvalue weighted by Gasteiger charge is -2.08. The summed E-state index contributed by atoms with van der Waals surface area (Å²) in [5.41, 5.74) is 5.36. The van der Waals surface area contributed by atoms with E-state index in [-0.39, 0.29) is 5.91 Å². The third kappa shape index (κ3) is 3.92. The highest BCUT2D eigenvalue weighted by Crippen LogP contribution is 2.17. The molecule has 0 spiro atoms. The average Bonchev–Trinajstić information content (AvgIpc) is 3.36. The van der Waals surface area contributed by atoms with Crippen molar-refractivity contribution in [3.05, 3.63) is 95.7 Å². The minimum atomic E-state index is -0.175. The number of hydrogen-bond acceptors (Lipinski definition) is 4. The van der Waals surface area contributed by atoms with Gasteiger partial charge in [-0.2, -0.15) is 0 Å². The van der Waals surface area contributed by atoms with E-state index >= 15 is 0 Å². The Hall–Kier alpha value is -4.13. The molecule has 32 heavy (non-hydrogen) atoms. The van der Waals surface area contributed by atoms with Crippen LogP contribution in [0.4, 0.5) is 0 Å². The van der Waals surface area contributed by atoms with Crippen LogP contribution in [0.25, 0.3) is 16.7 Å². The summed E-state index contributed by atoms with van der Waals surface area (Å²) in [5.74, 6) is 1.24. The van der Waals surface area contributed by atoms with E-state index in [1.54, 1.807) is 12.1 Å². The second kappa shape index (κ2) is 8.19. The van der Waals surface area contributed by atoms with E-state index in [0.29, 0.717) is 24.5 Å². The number of hydrogen-bond donors (Lipinski definition) is 1. The number of carbonyl (C=O) groups excluding carboxylic acids is 1. The van der Waals surface area contributed by atoms with Gasteiger partial charge in [-0.3, -0.25) is 4.79 Å². The number of carbonyl (C=O) groups is 1. The van der Waals surface area contributed by atoms with Gasteiger partial charge in [0.25, 0.3) is 5.91 Å². The number of amides is 1. The third-order valence-electron chi connectivity index (χ3n) is 5.42. The Labute approximate surface area is 185 Å². The highest BCUT2D eigenvalue weighted by atomic mass is 16.5.